The fourth-order valence-corrected chi connectivity index (χ4v) is 3.30. The van der Waals surface area contributed by atoms with Crippen LogP contribution in [0.15, 0.2) is 6.20 Å². The van der Waals surface area contributed by atoms with Crippen LogP contribution in [0.4, 0.5) is 21.8 Å². The van der Waals surface area contributed by atoms with Crippen LogP contribution >= 0.6 is 0 Å². The molecule has 0 amide bonds. The summed E-state index contributed by atoms with van der Waals surface area (Å²) < 4.78 is 27.4. The molecule has 0 saturated carbocycles. The van der Waals surface area contributed by atoms with Gasteiger partial charge < -0.3 is 20.1 Å². The molecule has 4 rings (SSSR count). The third kappa shape index (κ3) is 3.31. The molecule has 2 bridgehead atoms. The first-order chi connectivity index (χ1) is 12.6. The van der Waals surface area contributed by atoms with Crippen LogP contribution < -0.4 is 15.4 Å². The van der Waals surface area contributed by atoms with E-state index in [0.29, 0.717) is 24.9 Å². The van der Waals surface area contributed by atoms with Gasteiger partial charge in [0.1, 0.15) is 5.69 Å². The fourth-order valence-electron chi connectivity index (χ4n) is 3.30. The number of hydrogen-bond acceptors (Lipinski definition) is 7. The molecule has 8 nitrogen and oxygen atoms in total. The topological polar surface area (TPSA) is 86.1 Å². The van der Waals surface area contributed by atoms with Gasteiger partial charge in [-0.3, -0.25) is 4.68 Å². The molecular formula is C17H23FN6O2. The van der Waals surface area contributed by atoms with Crippen molar-refractivity contribution in [2.45, 2.75) is 45.2 Å². The fraction of sp³-hybridized carbons (Fsp3) is 0.588. The Balaban J connectivity index is 1.72. The lowest BCUT2D eigenvalue weighted by Gasteiger charge is -2.23. The van der Waals surface area contributed by atoms with Crippen molar-refractivity contribution < 1.29 is 13.9 Å². The van der Waals surface area contributed by atoms with Crippen molar-refractivity contribution in [3.63, 3.8) is 0 Å². The van der Waals surface area contributed by atoms with Gasteiger partial charge in [-0.15, -0.1) is 5.10 Å². The van der Waals surface area contributed by atoms with Gasteiger partial charge in [-0.2, -0.15) is 4.98 Å². The monoisotopic (exact) mass is 362 g/mol. The second kappa shape index (κ2) is 7.06. The van der Waals surface area contributed by atoms with E-state index in [1.54, 1.807) is 0 Å². The molecule has 26 heavy (non-hydrogen) atoms. The molecule has 2 aromatic rings. The van der Waals surface area contributed by atoms with E-state index in [1.807, 2.05) is 18.5 Å². The van der Waals surface area contributed by atoms with Crippen LogP contribution in [0.5, 0.6) is 5.88 Å². The van der Waals surface area contributed by atoms with Crippen LogP contribution in [0.1, 0.15) is 37.9 Å². The molecule has 9 heteroatoms. The number of ether oxygens (including phenoxy) is 2. The summed E-state index contributed by atoms with van der Waals surface area (Å²) >= 11 is 0. The van der Waals surface area contributed by atoms with E-state index in [9.17, 15) is 4.39 Å². The van der Waals surface area contributed by atoms with Crippen molar-refractivity contribution in [2.24, 2.45) is 0 Å². The molecule has 2 aliphatic heterocycles. The molecule has 0 spiro atoms. The Hall–Kier alpha value is -2.42. The molecule has 4 heterocycles. The lowest BCUT2D eigenvalue weighted by Crippen LogP contribution is -2.22. The minimum Gasteiger partial charge on any atom is -0.475 e. The van der Waals surface area contributed by atoms with Crippen LogP contribution in [0.2, 0.25) is 0 Å². The van der Waals surface area contributed by atoms with Gasteiger partial charge in [0.15, 0.2) is 11.6 Å². The third-order valence-electron chi connectivity index (χ3n) is 4.81. The Morgan fingerprint density at radius 1 is 1.23 bits per heavy atom. The number of halogens is 1. The molecule has 2 aromatic heterocycles. The van der Waals surface area contributed by atoms with Crippen molar-refractivity contribution >= 4 is 17.5 Å². The average Bonchev–Trinajstić information content (AvgIpc) is 2.93. The number of anilines is 3. The highest BCUT2D eigenvalue weighted by Crippen LogP contribution is 2.34. The molecule has 0 aromatic carbocycles. The first-order valence-corrected chi connectivity index (χ1v) is 8.97. The number of rotatable bonds is 1. The first-order valence-electron chi connectivity index (χ1n) is 8.97. The lowest BCUT2D eigenvalue weighted by molar-refractivity contribution is 0.0652. The highest BCUT2D eigenvalue weighted by Gasteiger charge is 2.25. The Bertz CT molecular complexity index is 790. The second-order valence-corrected chi connectivity index (χ2v) is 6.75. The van der Waals surface area contributed by atoms with Crippen molar-refractivity contribution in [1.29, 1.82) is 0 Å². The van der Waals surface area contributed by atoms with Crippen molar-refractivity contribution in [3.8, 4) is 5.88 Å². The number of nitrogens with one attached hydrogen (secondary N) is 2. The molecule has 140 valence electrons. The van der Waals surface area contributed by atoms with Gasteiger partial charge in [0.05, 0.1) is 24.5 Å². The number of hydrogen-bond donors (Lipinski definition) is 2. The summed E-state index contributed by atoms with van der Waals surface area (Å²) in [5, 5.41) is 10.9. The van der Waals surface area contributed by atoms with Gasteiger partial charge in [0.25, 0.3) is 5.88 Å². The lowest BCUT2D eigenvalue weighted by atomic mass is 10.1. The van der Waals surface area contributed by atoms with Crippen molar-refractivity contribution in [2.75, 3.05) is 30.5 Å². The molecule has 1 saturated heterocycles. The van der Waals surface area contributed by atoms with Gasteiger partial charge in [0.2, 0.25) is 5.95 Å². The van der Waals surface area contributed by atoms with Crippen LogP contribution in [-0.2, 0) is 4.74 Å². The van der Waals surface area contributed by atoms with Gasteiger partial charge in [-0.25, -0.2) is 9.37 Å². The third-order valence-corrected chi connectivity index (χ3v) is 4.81. The summed E-state index contributed by atoms with van der Waals surface area (Å²) in [6, 6.07) is 0.285. The molecule has 2 aliphatic rings. The SMILES string of the molecule is Cc1c2c(nn1C1CCOCC1)OCC[C@@H](C)Nc1nc(ncc1F)N2. The predicted molar refractivity (Wildman–Crippen MR) is 94.5 cm³/mol. The van der Waals surface area contributed by atoms with E-state index in [1.165, 1.54) is 6.20 Å². The van der Waals surface area contributed by atoms with E-state index < -0.39 is 5.82 Å². The average molecular weight is 362 g/mol. The first kappa shape index (κ1) is 17.0. The largest absolute Gasteiger partial charge is 0.475 e. The maximum atomic E-state index is 14.0. The van der Waals surface area contributed by atoms with E-state index in [2.05, 4.69) is 25.7 Å². The number of fused-ring (bicyclic) bond motifs is 3. The number of nitrogens with zero attached hydrogens (tertiary/aromatic N) is 4. The van der Waals surface area contributed by atoms with Crippen LogP contribution in [-0.4, -0.2) is 45.6 Å². The summed E-state index contributed by atoms with van der Waals surface area (Å²) in [4.78, 5) is 8.32. The maximum Gasteiger partial charge on any atom is 0.257 e. The Morgan fingerprint density at radius 3 is 2.85 bits per heavy atom. The van der Waals surface area contributed by atoms with Crippen LogP contribution in [0.25, 0.3) is 0 Å². The smallest absolute Gasteiger partial charge is 0.257 e. The minimum atomic E-state index is -0.475. The zero-order valence-electron chi connectivity index (χ0n) is 15.0. The van der Waals surface area contributed by atoms with Crippen molar-refractivity contribution in [3.05, 3.63) is 17.7 Å². The van der Waals surface area contributed by atoms with Gasteiger partial charge in [-0.1, -0.05) is 0 Å². The Kier molecular flexibility index (Phi) is 4.62. The minimum absolute atomic E-state index is 0.00692. The normalized spacial score (nSPS) is 21.0. The summed E-state index contributed by atoms with van der Waals surface area (Å²) in [6.07, 6.45) is 3.70. The van der Waals surface area contributed by atoms with Crippen molar-refractivity contribution in [1.82, 2.24) is 19.7 Å². The quantitative estimate of drug-likeness (QED) is 0.807. The second-order valence-electron chi connectivity index (χ2n) is 6.75. The number of aromatic nitrogens is 4. The van der Waals surface area contributed by atoms with Crippen LogP contribution in [0.3, 0.4) is 0 Å². The zero-order chi connectivity index (χ0) is 18.1. The Labute approximate surface area is 151 Å². The predicted octanol–water partition coefficient (Wildman–Crippen LogP) is 2.80. The Morgan fingerprint density at radius 2 is 2.04 bits per heavy atom. The van der Waals surface area contributed by atoms with Gasteiger partial charge in [0, 0.05) is 25.7 Å². The van der Waals surface area contributed by atoms with Gasteiger partial charge in [-0.05, 0) is 26.7 Å². The highest BCUT2D eigenvalue weighted by atomic mass is 19.1. The summed E-state index contributed by atoms with van der Waals surface area (Å²) in [5.74, 6) is 0.547. The summed E-state index contributed by atoms with van der Waals surface area (Å²) in [6.45, 7) is 5.89. The summed E-state index contributed by atoms with van der Waals surface area (Å²) in [7, 11) is 0. The summed E-state index contributed by atoms with van der Waals surface area (Å²) in [5.41, 5.74) is 1.67. The molecule has 1 atom stereocenters. The van der Waals surface area contributed by atoms with Gasteiger partial charge >= 0.3 is 0 Å². The van der Waals surface area contributed by atoms with E-state index in [-0.39, 0.29) is 17.9 Å². The van der Waals surface area contributed by atoms with E-state index in [0.717, 1.165) is 37.4 Å². The highest BCUT2D eigenvalue weighted by molar-refractivity contribution is 5.64. The maximum absolute atomic E-state index is 14.0. The molecule has 0 aliphatic carbocycles. The van der Waals surface area contributed by atoms with E-state index >= 15 is 0 Å². The van der Waals surface area contributed by atoms with E-state index in [4.69, 9.17) is 9.47 Å². The molecular weight excluding hydrogens is 339 g/mol. The zero-order valence-corrected chi connectivity index (χ0v) is 15.0. The molecule has 0 unspecified atom stereocenters. The van der Waals surface area contributed by atoms with Crippen LogP contribution in [0, 0.1) is 12.7 Å². The molecule has 1 fully saturated rings. The standard InChI is InChI=1S/C17H23FN6O2/c1-10-3-8-26-16-14(21-17-19-9-13(18)15(20-10)22-17)11(2)24(23-16)12-4-6-25-7-5-12/h9-10,12H,3-8H2,1-2H3,(H2,19,20,21,22)/t10-/m1/s1. The molecule has 2 N–H and O–H groups in total. The molecule has 0 radical (unpaired) electrons.